The second-order valence-corrected chi connectivity index (χ2v) is 13.4. The molecule has 10 aromatic rings. The minimum Gasteiger partial charge on any atom is -0.310 e. The average Bonchev–Trinajstić information content (AvgIpc) is 3.57. The summed E-state index contributed by atoms with van der Waals surface area (Å²) in [6.45, 7) is 0. The molecule has 0 radical (unpaired) electrons. The van der Waals surface area contributed by atoms with E-state index in [1.165, 1.54) is 65.6 Å². The zero-order valence-corrected chi connectivity index (χ0v) is 28.5. The van der Waals surface area contributed by atoms with Gasteiger partial charge in [-0.2, -0.15) is 0 Å². The highest BCUT2D eigenvalue weighted by Gasteiger charge is 2.18. The van der Waals surface area contributed by atoms with Crippen molar-refractivity contribution in [1.29, 1.82) is 0 Å². The Labute approximate surface area is 303 Å². The van der Waals surface area contributed by atoms with Gasteiger partial charge in [0, 0.05) is 39.1 Å². The van der Waals surface area contributed by atoms with Crippen LogP contribution in [0.2, 0.25) is 0 Å². The Morgan fingerprint density at radius 3 is 1.62 bits per heavy atom. The van der Waals surface area contributed by atoms with E-state index in [-0.39, 0.29) is 0 Å². The van der Waals surface area contributed by atoms with E-state index in [1.54, 1.807) is 0 Å². The van der Waals surface area contributed by atoms with Gasteiger partial charge >= 0.3 is 0 Å². The summed E-state index contributed by atoms with van der Waals surface area (Å²) in [5, 5.41) is 7.51. The van der Waals surface area contributed by atoms with Crippen LogP contribution in [0.3, 0.4) is 0 Å². The second-order valence-electron chi connectivity index (χ2n) is 13.4. The fourth-order valence-corrected chi connectivity index (χ4v) is 7.90. The predicted octanol–water partition coefficient (Wildman–Crippen LogP) is 13.9. The van der Waals surface area contributed by atoms with Crippen LogP contribution in [0.5, 0.6) is 0 Å². The van der Waals surface area contributed by atoms with E-state index >= 15 is 0 Å². The Morgan fingerprint density at radius 1 is 0.327 bits per heavy atom. The topological polar surface area (TPSA) is 8.17 Å². The van der Waals surface area contributed by atoms with Gasteiger partial charge in [0.05, 0.1) is 11.0 Å². The van der Waals surface area contributed by atoms with Crippen LogP contribution in [0.25, 0.3) is 71.3 Å². The Kier molecular flexibility index (Phi) is 7.18. The van der Waals surface area contributed by atoms with E-state index < -0.39 is 0 Å². The average molecular weight is 663 g/mol. The van der Waals surface area contributed by atoms with Gasteiger partial charge in [-0.1, -0.05) is 152 Å². The molecule has 2 nitrogen and oxygen atoms in total. The summed E-state index contributed by atoms with van der Waals surface area (Å²) in [5.74, 6) is 0. The number of para-hydroxylation sites is 3. The first kappa shape index (κ1) is 30.0. The molecule has 0 unspecified atom stereocenters. The van der Waals surface area contributed by atoms with Gasteiger partial charge in [0.15, 0.2) is 0 Å². The zero-order chi connectivity index (χ0) is 34.4. The summed E-state index contributed by atoms with van der Waals surface area (Å²) < 4.78 is 2.41. The monoisotopic (exact) mass is 662 g/mol. The molecule has 9 aromatic carbocycles. The molecule has 10 rings (SSSR count). The number of benzene rings is 9. The van der Waals surface area contributed by atoms with Crippen LogP contribution < -0.4 is 4.90 Å². The van der Waals surface area contributed by atoms with Crippen molar-refractivity contribution in [3.05, 3.63) is 206 Å². The maximum absolute atomic E-state index is 2.41. The van der Waals surface area contributed by atoms with Crippen molar-refractivity contribution in [2.75, 3.05) is 4.90 Å². The number of rotatable bonds is 6. The Balaban J connectivity index is 1.13. The van der Waals surface area contributed by atoms with Gasteiger partial charge in [-0.3, -0.25) is 0 Å². The van der Waals surface area contributed by atoms with Gasteiger partial charge in [-0.15, -0.1) is 0 Å². The Bertz CT molecular complexity index is 2870. The molecule has 244 valence electrons. The minimum absolute atomic E-state index is 1.10. The SMILES string of the molecule is c1ccc(-c2ccc(N(c3ccc(-c4cccc5c6ccccc6n(-c6ccccc6)c45)cc3)c3ccc4ccc5ccccc5c4c3)cc2)cc1. The van der Waals surface area contributed by atoms with Crippen LogP contribution in [0.15, 0.2) is 206 Å². The summed E-state index contributed by atoms with van der Waals surface area (Å²) in [5.41, 5.74) is 11.7. The molecule has 0 aliphatic heterocycles. The molecule has 1 aromatic heterocycles. The lowest BCUT2D eigenvalue weighted by Crippen LogP contribution is -2.10. The van der Waals surface area contributed by atoms with Crippen molar-refractivity contribution in [2.24, 2.45) is 0 Å². The third kappa shape index (κ3) is 5.04. The molecule has 0 spiro atoms. The van der Waals surface area contributed by atoms with Gasteiger partial charge in [-0.05, 0) is 92.8 Å². The summed E-state index contributed by atoms with van der Waals surface area (Å²) in [4.78, 5) is 2.38. The van der Waals surface area contributed by atoms with E-state index in [4.69, 9.17) is 0 Å². The number of fused-ring (bicyclic) bond motifs is 6. The van der Waals surface area contributed by atoms with Gasteiger partial charge in [-0.25, -0.2) is 0 Å². The van der Waals surface area contributed by atoms with Gasteiger partial charge < -0.3 is 9.47 Å². The van der Waals surface area contributed by atoms with E-state index in [0.717, 1.165) is 22.7 Å². The van der Waals surface area contributed by atoms with Crippen LogP contribution in [0.1, 0.15) is 0 Å². The third-order valence-corrected chi connectivity index (χ3v) is 10.4. The van der Waals surface area contributed by atoms with Crippen LogP contribution in [-0.4, -0.2) is 4.57 Å². The molecule has 0 N–H and O–H groups in total. The third-order valence-electron chi connectivity index (χ3n) is 10.4. The number of nitrogens with zero attached hydrogens (tertiary/aromatic N) is 2. The zero-order valence-electron chi connectivity index (χ0n) is 28.5. The van der Waals surface area contributed by atoms with Crippen molar-refractivity contribution in [3.8, 4) is 27.9 Å². The van der Waals surface area contributed by atoms with Crippen LogP contribution in [0, 0.1) is 0 Å². The summed E-state index contributed by atoms with van der Waals surface area (Å²) in [7, 11) is 0. The number of hydrogen-bond acceptors (Lipinski definition) is 1. The highest BCUT2D eigenvalue weighted by Crippen LogP contribution is 2.41. The largest absolute Gasteiger partial charge is 0.310 e. The first-order valence-electron chi connectivity index (χ1n) is 17.9. The lowest BCUT2D eigenvalue weighted by atomic mass is 10.00. The highest BCUT2D eigenvalue weighted by molar-refractivity contribution is 6.14. The fraction of sp³-hybridized carbons (Fsp3) is 0. The molecule has 0 fully saturated rings. The number of anilines is 3. The molecule has 0 saturated heterocycles. The fourth-order valence-electron chi connectivity index (χ4n) is 7.90. The lowest BCUT2D eigenvalue weighted by Gasteiger charge is -2.26. The van der Waals surface area contributed by atoms with Gasteiger partial charge in [0.1, 0.15) is 0 Å². The van der Waals surface area contributed by atoms with Crippen LogP contribution in [-0.2, 0) is 0 Å². The summed E-state index contributed by atoms with van der Waals surface area (Å²) >= 11 is 0. The highest BCUT2D eigenvalue weighted by atomic mass is 15.1. The number of aromatic nitrogens is 1. The van der Waals surface area contributed by atoms with Crippen molar-refractivity contribution in [2.45, 2.75) is 0 Å². The normalized spacial score (nSPS) is 11.5. The molecule has 2 heteroatoms. The molecular formula is C50H34N2. The van der Waals surface area contributed by atoms with E-state index in [1.807, 2.05) is 0 Å². The van der Waals surface area contributed by atoms with Crippen molar-refractivity contribution < 1.29 is 0 Å². The molecule has 0 atom stereocenters. The van der Waals surface area contributed by atoms with Crippen molar-refractivity contribution >= 4 is 60.4 Å². The quantitative estimate of drug-likeness (QED) is 0.161. The lowest BCUT2D eigenvalue weighted by molar-refractivity contribution is 1.18. The number of hydrogen-bond donors (Lipinski definition) is 0. The predicted molar refractivity (Wildman–Crippen MR) is 221 cm³/mol. The minimum atomic E-state index is 1.10. The molecule has 0 amide bonds. The van der Waals surface area contributed by atoms with Crippen LogP contribution >= 0.6 is 0 Å². The molecule has 0 saturated carbocycles. The van der Waals surface area contributed by atoms with Crippen molar-refractivity contribution in [3.63, 3.8) is 0 Å². The molecule has 52 heavy (non-hydrogen) atoms. The standard InChI is InChI=1S/C50H34N2/c1-3-12-35(13-4-1)36-24-29-41(30-25-36)51(43-33-28-39-23-22-37-14-7-8-17-44(37)48(39)34-43)42-31-26-38(27-32-42)45-19-11-20-47-46-18-9-10-21-49(46)52(50(45)47)40-15-5-2-6-16-40/h1-34H. The molecule has 1 heterocycles. The van der Waals surface area contributed by atoms with E-state index in [9.17, 15) is 0 Å². The maximum atomic E-state index is 2.41. The van der Waals surface area contributed by atoms with Crippen molar-refractivity contribution in [1.82, 2.24) is 4.57 Å². The first-order valence-corrected chi connectivity index (χ1v) is 17.9. The molecule has 0 bridgehead atoms. The van der Waals surface area contributed by atoms with E-state index in [0.29, 0.717) is 0 Å². The Hall–Kier alpha value is -6.90. The van der Waals surface area contributed by atoms with Crippen LogP contribution in [0.4, 0.5) is 17.1 Å². The summed E-state index contributed by atoms with van der Waals surface area (Å²) in [6.07, 6.45) is 0. The van der Waals surface area contributed by atoms with Gasteiger partial charge in [0.2, 0.25) is 0 Å². The first-order chi connectivity index (χ1) is 25.8. The van der Waals surface area contributed by atoms with Gasteiger partial charge in [0.25, 0.3) is 0 Å². The Morgan fingerprint density at radius 2 is 0.865 bits per heavy atom. The summed E-state index contributed by atoms with van der Waals surface area (Å²) in [6, 6.07) is 74.7. The smallest absolute Gasteiger partial charge is 0.0619 e. The molecule has 0 aliphatic carbocycles. The van der Waals surface area contributed by atoms with E-state index in [2.05, 4.69) is 216 Å². The molecule has 0 aliphatic rings. The molecular weight excluding hydrogens is 629 g/mol. The maximum Gasteiger partial charge on any atom is 0.0619 e. The second kappa shape index (κ2) is 12.5.